The summed E-state index contributed by atoms with van der Waals surface area (Å²) in [5.41, 5.74) is 1.01. The fraction of sp³-hybridized carbons (Fsp3) is 0.316. The van der Waals surface area contributed by atoms with Gasteiger partial charge in [0.1, 0.15) is 17.2 Å². The summed E-state index contributed by atoms with van der Waals surface area (Å²) < 4.78 is 10.9. The van der Waals surface area contributed by atoms with Gasteiger partial charge in [-0.2, -0.15) is 0 Å². The minimum Gasteiger partial charge on any atom is -0.497 e. The molecule has 6 heteroatoms. The van der Waals surface area contributed by atoms with Crippen LogP contribution in [0, 0.1) is 0 Å². The van der Waals surface area contributed by atoms with Crippen molar-refractivity contribution in [2.45, 2.75) is 18.9 Å². The van der Waals surface area contributed by atoms with Crippen LogP contribution in [0.25, 0.3) is 0 Å². The average molecular weight is 342 g/mol. The second-order valence-corrected chi connectivity index (χ2v) is 5.99. The van der Waals surface area contributed by atoms with E-state index >= 15 is 0 Å². The standard InChI is InChI=1S/C19H22N2O4/c1-24-16-6-8-18(9-7-16)25-17-4-2-14(3-5-17)20-15-10-12-21(13-11-15)19(22)23/h2-9,15,20H,10-13H2,1H3,(H,22,23). The molecule has 2 N–H and O–H groups in total. The van der Waals surface area contributed by atoms with Crippen LogP contribution in [0.1, 0.15) is 12.8 Å². The number of carbonyl (C=O) groups is 1. The van der Waals surface area contributed by atoms with Crippen LogP contribution in [-0.4, -0.2) is 42.3 Å². The Morgan fingerprint density at radius 3 is 2.04 bits per heavy atom. The Hall–Kier alpha value is -2.89. The summed E-state index contributed by atoms with van der Waals surface area (Å²) in [5, 5.41) is 12.4. The van der Waals surface area contributed by atoms with E-state index < -0.39 is 6.09 Å². The summed E-state index contributed by atoms with van der Waals surface area (Å²) in [6.07, 6.45) is 0.797. The van der Waals surface area contributed by atoms with Crippen molar-refractivity contribution in [3.63, 3.8) is 0 Å². The minimum absolute atomic E-state index is 0.295. The van der Waals surface area contributed by atoms with Crippen LogP contribution in [0.2, 0.25) is 0 Å². The third-order valence-corrected chi connectivity index (χ3v) is 4.29. The van der Waals surface area contributed by atoms with E-state index in [9.17, 15) is 4.79 Å². The largest absolute Gasteiger partial charge is 0.497 e. The van der Waals surface area contributed by atoms with Crippen molar-refractivity contribution in [3.8, 4) is 17.2 Å². The predicted octanol–water partition coefficient (Wildman–Crippen LogP) is 4.04. The molecule has 2 aromatic rings. The van der Waals surface area contributed by atoms with Crippen LogP contribution < -0.4 is 14.8 Å². The molecule has 1 heterocycles. The molecule has 3 rings (SSSR count). The van der Waals surface area contributed by atoms with E-state index in [0.29, 0.717) is 19.1 Å². The number of ether oxygens (including phenoxy) is 2. The van der Waals surface area contributed by atoms with Gasteiger partial charge < -0.3 is 24.8 Å². The van der Waals surface area contributed by atoms with Gasteiger partial charge in [0, 0.05) is 24.8 Å². The molecule has 1 aliphatic rings. The van der Waals surface area contributed by atoms with Crippen molar-refractivity contribution < 1.29 is 19.4 Å². The number of nitrogens with zero attached hydrogens (tertiary/aromatic N) is 1. The summed E-state index contributed by atoms with van der Waals surface area (Å²) in [5.74, 6) is 2.31. The molecule has 1 saturated heterocycles. The second-order valence-electron chi connectivity index (χ2n) is 5.99. The molecule has 2 aromatic carbocycles. The van der Waals surface area contributed by atoms with Crippen LogP contribution in [-0.2, 0) is 0 Å². The van der Waals surface area contributed by atoms with Crippen LogP contribution in [0.15, 0.2) is 48.5 Å². The molecule has 0 radical (unpaired) electrons. The van der Waals surface area contributed by atoms with Gasteiger partial charge in [-0.15, -0.1) is 0 Å². The number of benzene rings is 2. The minimum atomic E-state index is -0.835. The molecule has 0 atom stereocenters. The van der Waals surface area contributed by atoms with Gasteiger partial charge >= 0.3 is 6.09 Å². The number of likely N-dealkylation sites (tertiary alicyclic amines) is 1. The molecule has 0 aliphatic carbocycles. The predicted molar refractivity (Wildman–Crippen MR) is 95.8 cm³/mol. The number of piperidine rings is 1. The number of rotatable bonds is 5. The molecule has 132 valence electrons. The Balaban J connectivity index is 1.52. The van der Waals surface area contributed by atoms with Crippen molar-refractivity contribution in [1.82, 2.24) is 4.90 Å². The van der Waals surface area contributed by atoms with Gasteiger partial charge in [-0.1, -0.05) is 0 Å². The number of hydrogen-bond acceptors (Lipinski definition) is 4. The smallest absolute Gasteiger partial charge is 0.407 e. The number of methoxy groups -OCH3 is 1. The first-order valence-corrected chi connectivity index (χ1v) is 8.30. The summed E-state index contributed by atoms with van der Waals surface area (Å²) in [4.78, 5) is 12.4. The highest BCUT2D eigenvalue weighted by atomic mass is 16.5. The quantitative estimate of drug-likeness (QED) is 0.858. The van der Waals surface area contributed by atoms with Crippen molar-refractivity contribution in [2.24, 2.45) is 0 Å². The topological polar surface area (TPSA) is 71.0 Å². The lowest BCUT2D eigenvalue weighted by Gasteiger charge is -2.31. The molecule has 0 unspecified atom stereocenters. The molecule has 6 nitrogen and oxygen atoms in total. The Labute approximate surface area is 147 Å². The van der Waals surface area contributed by atoms with E-state index in [2.05, 4.69) is 5.32 Å². The molecule has 0 aromatic heterocycles. The Morgan fingerprint density at radius 1 is 1.00 bits per heavy atom. The third-order valence-electron chi connectivity index (χ3n) is 4.29. The number of anilines is 1. The first kappa shape index (κ1) is 17.0. The second kappa shape index (κ2) is 7.79. The molecule has 25 heavy (non-hydrogen) atoms. The van der Waals surface area contributed by atoms with Gasteiger partial charge in [-0.3, -0.25) is 0 Å². The Kier molecular flexibility index (Phi) is 5.28. The van der Waals surface area contributed by atoms with Crippen molar-refractivity contribution >= 4 is 11.8 Å². The molecule has 1 amide bonds. The summed E-state index contributed by atoms with van der Waals surface area (Å²) in [6.45, 7) is 1.15. The number of nitrogens with one attached hydrogen (secondary N) is 1. The fourth-order valence-corrected chi connectivity index (χ4v) is 2.85. The Morgan fingerprint density at radius 2 is 1.52 bits per heavy atom. The van der Waals surface area contributed by atoms with Gasteiger partial charge in [0.05, 0.1) is 7.11 Å². The zero-order chi connectivity index (χ0) is 17.6. The SMILES string of the molecule is COc1ccc(Oc2ccc(NC3CCN(C(=O)O)CC3)cc2)cc1. The van der Waals surface area contributed by atoms with Crippen LogP contribution in [0.3, 0.4) is 0 Å². The number of amides is 1. The molecule has 1 fully saturated rings. The number of hydrogen-bond donors (Lipinski definition) is 2. The lowest BCUT2D eigenvalue weighted by molar-refractivity contribution is 0.134. The van der Waals surface area contributed by atoms with Crippen molar-refractivity contribution in [3.05, 3.63) is 48.5 Å². The first-order valence-electron chi connectivity index (χ1n) is 8.30. The molecule has 0 bridgehead atoms. The van der Waals surface area contributed by atoms with Gasteiger partial charge in [0.25, 0.3) is 0 Å². The lowest BCUT2D eigenvalue weighted by atomic mass is 10.1. The van der Waals surface area contributed by atoms with Crippen molar-refractivity contribution in [1.29, 1.82) is 0 Å². The normalized spacial score (nSPS) is 14.8. The maximum absolute atomic E-state index is 10.9. The van der Waals surface area contributed by atoms with Crippen LogP contribution in [0.4, 0.5) is 10.5 Å². The fourth-order valence-electron chi connectivity index (χ4n) is 2.85. The third kappa shape index (κ3) is 4.56. The zero-order valence-corrected chi connectivity index (χ0v) is 14.1. The van der Waals surface area contributed by atoms with E-state index in [1.165, 1.54) is 4.90 Å². The van der Waals surface area contributed by atoms with Crippen molar-refractivity contribution in [2.75, 3.05) is 25.5 Å². The summed E-state index contributed by atoms with van der Waals surface area (Å²) in [6, 6.07) is 15.5. The molecule has 0 saturated carbocycles. The lowest BCUT2D eigenvalue weighted by Crippen LogP contribution is -2.41. The zero-order valence-electron chi connectivity index (χ0n) is 14.1. The monoisotopic (exact) mass is 342 g/mol. The van der Waals surface area contributed by atoms with Gasteiger partial charge in [-0.25, -0.2) is 4.79 Å². The highest BCUT2D eigenvalue weighted by Crippen LogP contribution is 2.25. The highest BCUT2D eigenvalue weighted by molar-refractivity contribution is 5.65. The van der Waals surface area contributed by atoms with Gasteiger partial charge in [0.2, 0.25) is 0 Å². The molecule has 0 spiro atoms. The maximum atomic E-state index is 10.9. The molecule has 1 aliphatic heterocycles. The highest BCUT2D eigenvalue weighted by Gasteiger charge is 2.21. The summed E-state index contributed by atoms with van der Waals surface area (Å²) in [7, 11) is 1.63. The van der Waals surface area contributed by atoms with E-state index in [-0.39, 0.29) is 0 Å². The molecular weight excluding hydrogens is 320 g/mol. The number of carboxylic acid groups (broad SMARTS) is 1. The van der Waals surface area contributed by atoms with E-state index in [1.807, 2.05) is 48.5 Å². The van der Waals surface area contributed by atoms with Crippen LogP contribution in [0.5, 0.6) is 17.2 Å². The molecular formula is C19H22N2O4. The van der Waals surface area contributed by atoms with E-state index in [1.54, 1.807) is 7.11 Å². The first-order chi connectivity index (χ1) is 12.1. The average Bonchev–Trinajstić information content (AvgIpc) is 2.64. The van der Waals surface area contributed by atoms with Crippen LogP contribution >= 0.6 is 0 Å². The maximum Gasteiger partial charge on any atom is 0.407 e. The van der Waals surface area contributed by atoms with Gasteiger partial charge in [-0.05, 0) is 61.4 Å². The van der Waals surface area contributed by atoms with E-state index in [4.69, 9.17) is 14.6 Å². The van der Waals surface area contributed by atoms with E-state index in [0.717, 1.165) is 35.8 Å². The summed E-state index contributed by atoms with van der Waals surface area (Å²) >= 11 is 0. The Bertz CT molecular complexity index is 692. The van der Waals surface area contributed by atoms with Gasteiger partial charge in [0.15, 0.2) is 0 Å².